The van der Waals surface area contributed by atoms with Crippen molar-refractivity contribution in [2.24, 2.45) is 4.99 Å². The number of carbonyl (C=O) groups excluding carboxylic acids is 1. The van der Waals surface area contributed by atoms with Crippen LogP contribution in [0.5, 0.6) is 5.75 Å². The van der Waals surface area contributed by atoms with Crippen LogP contribution >= 0.6 is 27.3 Å². The van der Waals surface area contributed by atoms with Crippen molar-refractivity contribution in [3.05, 3.63) is 155 Å². The molecule has 0 amide bonds. The lowest BCUT2D eigenvalue weighted by atomic mass is 9.89. The number of fused-ring (bicyclic) bond motifs is 2. The van der Waals surface area contributed by atoms with Gasteiger partial charge in [0.05, 0.1) is 29.5 Å². The van der Waals surface area contributed by atoms with E-state index >= 15 is 0 Å². The molecule has 7 rings (SSSR count). The summed E-state index contributed by atoms with van der Waals surface area (Å²) in [6.45, 7) is 6.04. The number of thiazole rings is 1. The zero-order valence-electron chi connectivity index (χ0n) is 26.9. The molecular weight excluding hydrogens is 686 g/mol. The predicted octanol–water partition coefficient (Wildman–Crippen LogP) is 7.27. The van der Waals surface area contributed by atoms with Gasteiger partial charge in [0.2, 0.25) is 0 Å². The molecule has 240 valence electrons. The van der Waals surface area contributed by atoms with Crippen molar-refractivity contribution in [1.82, 2.24) is 9.13 Å². The Morgan fingerprint density at radius 1 is 0.979 bits per heavy atom. The fourth-order valence-electron chi connectivity index (χ4n) is 6.51. The third-order valence-electron chi connectivity index (χ3n) is 8.64. The Labute approximate surface area is 289 Å². The van der Waals surface area contributed by atoms with Crippen LogP contribution in [0.15, 0.2) is 117 Å². The molecule has 2 aromatic heterocycles. The van der Waals surface area contributed by atoms with Crippen LogP contribution in [0.2, 0.25) is 0 Å². The summed E-state index contributed by atoms with van der Waals surface area (Å²) in [6.07, 6.45) is 1.93. The molecule has 0 saturated carbocycles. The van der Waals surface area contributed by atoms with Crippen LogP contribution < -0.4 is 19.6 Å². The van der Waals surface area contributed by atoms with Crippen LogP contribution in [0.25, 0.3) is 28.2 Å². The zero-order valence-corrected chi connectivity index (χ0v) is 29.3. The highest BCUT2D eigenvalue weighted by Crippen LogP contribution is 2.42. The van der Waals surface area contributed by atoms with E-state index in [9.17, 15) is 9.59 Å². The highest BCUT2D eigenvalue weighted by molar-refractivity contribution is 9.10. The number of benzene rings is 4. The maximum absolute atomic E-state index is 14.7. The van der Waals surface area contributed by atoms with Crippen molar-refractivity contribution in [2.75, 3.05) is 13.7 Å². The largest absolute Gasteiger partial charge is 0.496 e. The maximum Gasteiger partial charge on any atom is 0.338 e. The van der Waals surface area contributed by atoms with Gasteiger partial charge in [0.1, 0.15) is 11.8 Å². The van der Waals surface area contributed by atoms with Gasteiger partial charge in [-0.3, -0.25) is 9.36 Å². The van der Waals surface area contributed by atoms with E-state index < -0.39 is 12.0 Å². The van der Waals surface area contributed by atoms with Crippen LogP contribution in [0.4, 0.5) is 0 Å². The molecule has 0 saturated heterocycles. The third kappa shape index (κ3) is 5.42. The number of hydrogen-bond donors (Lipinski definition) is 0. The van der Waals surface area contributed by atoms with E-state index in [0.717, 1.165) is 43.4 Å². The Morgan fingerprint density at radius 3 is 2.44 bits per heavy atom. The van der Waals surface area contributed by atoms with E-state index in [2.05, 4.69) is 45.6 Å². The summed E-state index contributed by atoms with van der Waals surface area (Å²) in [4.78, 5) is 34.2. The Balaban J connectivity index is 1.54. The molecule has 0 fully saturated rings. The molecule has 6 aromatic rings. The predicted molar refractivity (Wildman–Crippen MR) is 195 cm³/mol. The van der Waals surface area contributed by atoms with Crippen molar-refractivity contribution in [3.63, 3.8) is 0 Å². The van der Waals surface area contributed by atoms with Crippen LogP contribution in [0.1, 0.15) is 41.0 Å². The highest BCUT2D eigenvalue weighted by Gasteiger charge is 2.37. The quantitative estimate of drug-likeness (QED) is 0.163. The molecule has 0 radical (unpaired) electrons. The highest BCUT2D eigenvalue weighted by atomic mass is 79.9. The van der Waals surface area contributed by atoms with Crippen LogP contribution in [0, 0.1) is 13.8 Å². The maximum atomic E-state index is 14.7. The number of aromatic nitrogens is 2. The molecule has 9 heteroatoms. The Kier molecular flexibility index (Phi) is 8.49. The second-order valence-corrected chi connectivity index (χ2v) is 13.4. The molecule has 4 aromatic carbocycles. The van der Waals surface area contributed by atoms with Gasteiger partial charge in [-0.15, -0.1) is 0 Å². The minimum atomic E-state index is -0.867. The zero-order chi connectivity index (χ0) is 33.5. The van der Waals surface area contributed by atoms with E-state index in [1.807, 2.05) is 91.9 Å². The molecule has 1 atom stereocenters. The molecule has 0 unspecified atom stereocenters. The summed E-state index contributed by atoms with van der Waals surface area (Å²) in [5, 5.41) is 1.82. The van der Waals surface area contributed by atoms with E-state index in [4.69, 9.17) is 14.5 Å². The fraction of sp³-hybridized carbons (Fsp3) is 0.154. The topological polar surface area (TPSA) is 74.8 Å². The smallest absolute Gasteiger partial charge is 0.338 e. The minimum Gasteiger partial charge on any atom is -0.496 e. The summed E-state index contributed by atoms with van der Waals surface area (Å²) in [5.41, 5.74) is 5.95. The van der Waals surface area contributed by atoms with Crippen molar-refractivity contribution >= 4 is 55.8 Å². The molecule has 0 spiro atoms. The number of hydrogen-bond acceptors (Lipinski definition) is 6. The summed E-state index contributed by atoms with van der Waals surface area (Å²) < 4.78 is 16.9. The molecule has 7 nitrogen and oxygen atoms in total. The fourth-order valence-corrected chi connectivity index (χ4v) is 7.77. The standard InChI is InChI=1S/C39H32BrN3O4S/c1-5-47-38(45)34-35(26-12-7-6-8-13-26)41-39-43(36(34)33-30-14-10-9-11-25(30)15-20-31(33)46-4)37(44)32(48-39)22-27-21-23(2)42(24(27)3)29-18-16-28(40)17-19-29/h6-22,36H,5H2,1-4H3/b32-22-/t36-/m0/s1. The average molecular weight is 719 g/mol. The van der Waals surface area contributed by atoms with Gasteiger partial charge in [0.25, 0.3) is 5.56 Å². The minimum absolute atomic E-state index is 0.169. The normalized spacial score (nSPS) is 14.6. The van der Waals surface area contributed by atoms with Gasteiger partial charge >= 0.3 is 5.97 Å². The summed E-state index contributed by atoms with van der Waals surface area (Å²) in [5.74, 6) is 0.0230. The van der Waals surface area contributed by atoms with Crippen molar-refractivity contribution in [3.8, 4) is 11.4 Å². The Hall–Kier alpha value is -4.99. The number of ether oxygens (including phenoxy) is 2. The monoisotopic (exact) mass is 717 g/mol. The van der Waals surface area contributed by atoms with E-state index in [1.54, 1.807) is 18.6 Å². The van der Waals surface area contributed by atoms with Crippen molar-refractivity contribution < 1.29 is 14.3 Å². The van der Waals surface area contributed by atoms with Crippen LogP contribution in [0.3, 0.4) is 0 Å². The molecule has 1 aliphatic rings. The van der Waals surface area contributed by atoms with Gasteiger partial charge in [-0.05, 0) is 79.6 Å². The first-order valence-electron chi connectivity index (χ1n) is 15.6. The lowest BCUT2D eigenvalue weighted by Gasteiger charge is -2.28. The first kappa shape index (κ1) is 31.6. The summed E-state index contributed by atoms with van der Waals surface area (Å²) >= 11 is 4.83. The van der Waals surface area contributed by atoms with Gasteiger partial charge in [0.15, 0.2) is 4.80 Å². The average Bonchev–Trinajstić information content (AvgIpc) is 3.57. The molecule has 48 heavy (non-hydrogen) atoms. The molecule has 0 N–H and O–H groups in total. The summed E-state index contributed by atoms with van der Waals surface area (Å²) in [7, 11) is 1.60. The van der Waals surface area contributed by atoms with Crippen molar-refractivity contribution in [2.45, 2.75) is 26.8 Å². The number of aryl methyl sites for hydroxylation is 1. The lowest BCUT2D eigenvalue weighted by Crippen LogP contribution is -2.40. The van der Waals surface area contributed by atoms with E-state index in [1.165, 1.54) is 11.3 Å². The third-order valence-corrected chi connectivity index (χ3v) is 10.2. The summed E-state index contributed by atoms with van der Waals surface area (Å²) in [6, 6.07) is 30.7. The molecule has 0 aliphatic carbocycles. The van der Waals surface area contributed by atoms with Gasteiger partial charge in [0, 0.05) is 32.7 Å². The molecular formula is C39H32BrN3O4S. The number of nitrogens with zero attached hydrogens (tertiary/aromatic N) is 3. The SMILES string of the molecule is CCOC(=O)C1=C(c2ccccc2)N=c2s/c(=C\c3cc(C)n(-c4ccc(Br)cc4)c3C)c(=O)n2[C@H]1c1c(OC)ccc2ccccc12. The van der Waals surface area contributed by atoms with Gasteiger partial charge in [-0.25, -0.2) is 9.79 Å². The molecule has 1 aliphatic heterocycles. The number of halogens is 1. The first-order valence-corrected chi connectivity index (χ1v) is 17.2. The molecule has 3 heterocycles. The number of rotatable bonds is 7. The number of methoxy groups -OCH3 is 1. The molecule has 0 bridgehead atoms. The van der Waals surface area contributed by atoms with E-state index in [0.29, 0.717) is 26.3 Å². The lowest BCUT2D eigenvalue weighted by molar-refractivity contribution is -0.138. The Morgan fingerprint density at radius 2 is 1.71 bits per heavy atom. The van der Waals surface area contributed by atoms with Crippen molar-refractivity contribution in [1.29, 1.82) is 0 Å². The van der Waals surface area contributed by atoms with Gasteiger partial charge in [-0.2, -0.15) is 0 Å². The van der Waals surface area contributed by atoms with Crippen LogP contribution in [-0.4, -0.2) is 28.8 Å². The van der Waals surface area contributed by atoms with Gasteiger partial charge in [-0.1, -0.05) is 87.9 Å². The van der Waals surface area contributed by atoms with E-state index in [-0.39, 0.29) is 17.7 Å². The van der Waals surface area contributed by atoms with Crippen LogP contribution in [-0.2, 0) is 9.53 Å². The Bertz CT molecular complexity index is 2420. The number of esters is 1. The second-order valence-electron chi connectivity index (χ2n) is 11.5. The second kappa shape index (κ2) is 12.9. The first-order chi connectivity index (χ1) is 23.3. The number of carbonyl (C=O) groups is 1. The van der Waals surface area contributed by atoms with Gasteiger partial charge < -0.3 is 14.0 Å².